The largest absolute Gasteiger partial charge is 0.369 e. The SMILES string of the molecule is CCNC(c1ccccc1)C1(C(N)=O)CCNCC1. The number of nitrogens with one attached hydrogen (secondary N) is 2. The van der Waals surface area contributed by atoms with Gasteiger partial charge in [0.25, 0.3) is 0 Å². The first-order valence-corrected chi connectivity index (χ1v) is 6.99. The lowest BCUT2D eigenvalue weighted by molar-refractivity contribution is -0.131. The summed E-state index contributed by atoms with van der Waals surface area (Å²) in [4.78, 5) is 12.1. The zero-order chi connectivity index (χ0) is 13.7. The number of nitrogens with two attached hydrogens (primary N) is 1. The lowest BCUT2D eigenvalue weighted by atomic mass is 9.69. The van der Waals surface area contributed by atoms with Gasteiger partial charge in [0.05, 0.1) is 5.41 Å². The summed E-state index contributed by atoms with van der Waals surface area (Å²) in [6.45, 7) is 4.57. The van der Waals surface area contributed by atoms with Crippen molar-refractivity contribution >= 4 is 5.91 Å². The van der Waals surface area contributed by atoms with Crippen molar-refractivity contribution in [2.75, 3.05) is 19.6 Å². The van der Waals surface area contributed by atoms with Crippen molar-refractivity contribution in [2.45, 2.75) is 25.8 Å². The third-order valence-electron chi connectivity index (χ3n) is 4.08. The van der Waals surface area contributed by atoms with Gasteiger partial charge in [-0.2, -0.15) is 0 Å². The van der Waals surface area contributed by atoms with Gasteiger partial charge in [-0.1, -0.05) is 37.3 Å². The topological polar surface area (TPSA) is 67.1 Å². The monoisotopic (exact) mass is 261 g/mol. The van der Waals surface area contributed by atoms with E-state index in [4.69, 9.17) is 5.73 Å². The normalized spacial score (nSPS) is 19.8. The summed E-state index contributed by atoms with van der Waals surface area (Å²) in [6, 6.07) is 10.1. The van der Waals surface area contributed by atoms with Crippen LogP contribution < -0.4 is 16.4 Å². The number of hydrogen-bond donors (Lipinski definition) is 3. The molecule has 19 heavy (non-hydrogen) atoms. The smallest absolute Gasteiger partial charge is 0.225 e. The molecule has 1 aliphatic heterocycles. The molecule has 4 nitrogen and oxygen atoms in total. The molecule has 4 heteroatoms. The van der Waals surface area contributed by atoms with Gasteiger partial charge in [-0.15, -0.1) is 0 Å². The van der Waals surface area contributed by atoms with Crippen molar-refractivity contribution in [2.24, 2.45) is 11.1 Å². The van der Waals surface area contributed by atoms with Gasteiger partial charge in [-0.3, -0.25) is 4.79 Å². The molecule has 2 rings (SSSR count). The fourth-order valence-electron chi connectivity index (χ4n) is 3.03. The highest BCUT2D eigenvalue weighted by molar-refractivity contribution is 5.82. The van der Waals surface area contributed by atoms with E-state index in [1.165, 1.54) is 0 Å². The zero-order valence-electron chi connectivity index (χ0n) is 11.5. The molecule has 1 aromatic rings. The first-order chi connectivity index (χ1) is 9.20. The number of hydrogen-bond acceptors (Lipinski definition) is 3. The second-order valence-electron chi connectivity index (χ2n) is 5.17. The van der Waals surface area contributed by atoms with E-state index in [1.54, 1.807) is 0 Å². The summed E-state index contributed by atoms with van der Waals surface area (Å²) >= 11 is 0. The number of piperidine rings is 1. The Labute approximate surface area is 114 Å². The van der Waals surface area contributed by atoms with Crippen LogP contribution in [0.15, 0.2) is 30.3 Å². The van der Waals surface area contributed by atoms with Crippen molar-refractivity contribution in [3.05, 3.63) is 35.9 Å². The van der Waals surface area contributed by atoms with E-state index in [0.717, 1.165) is 38.0 Å². The highest BCUT2D eigenvalue weighted by Crippen LogP contribution is 2.41. The zero-order valence-corrected chi connectivity index (χ0v) is 11.5. The second kappa shape index (κ2) is 6.17. The fourth-order valence-corrected chi connectivity index (χ4v) is 3.03. The van der Waals surface area contributed by atoms with E-state index in [9.17, 15) is 4.79 Å². The quantitative estimate of drug-likeness (QED) is 0.746. The second-order valence-corrected chi connectivity index (χ2v) is 5.17. The molecule has 0 saturated carbocycles. The molecule has 0 aromatic heterocycles. The summed E-state index contributed by atoms with van der Waals surface area (Å²) in [7, 11) is 0. The molecule has 1 amide bonds. The molecule has 1 aliphatic rings. The number of carbonyl (C=O) groups is 1. The van der Waals surface area contributed by atoms with Crippen molar-refractivity contribution < 1.29 is 4.79 Å². The van der Waals surface area contributed by atoms with Crippen molar-refractivity contribution in [3.63, 3.8) is 0 Å². The molecule has 0 spiro atoms. The Hall–Kier alpha value is -1.39. The molecule has 104 valence electrons. The molecular weight excluding hydrogens is 238 g/mol. The maximum atomic E-state index is 12.1. The molecule has 1 fully saturated rings. The molecule has 4 N–H and O–H groups in total. The minimum Gasteiger partial charge on any atom is -0.369 e. The molecule has 0 aliphatic carbocycles. The van der Waals surface area contributed by atoms with Crippen LogP contribution in [0.2, 0.25) is 0 Å². The average molecular weight is 261 g/mol. The Kier molecular flexibility index (Phi) is 4.56. The lowest BCUT2D eigenvalue weighted by Gasteiger charge is -2.42. The molecule has 0 radical (unpaired) electrons. The Balaban J connectivity index is 2.37. The molecule has 1 heterocycles. The van der Waals surface area contributed by atoms with Gasteiger partial charge in [0, 0.05) is 6.04 Å². The van der Waals surface area contributed by atoms with Crippen molar-refractivity contribution in [1.82, 2.24) is 10.6 Å². The van der Waals surface area contributed by atoms with Crippen LogP contribution in [0.5, 0.6) is 0 Å². The Morgan fingerprint density at radius 2 is 2.00 bits per heavy atom. The predicted molar refractivity (Wildman–Crippen MR) is 76.6 cm³/mol. The van der Waals surface area contributed by atoms with Crippen LogP contribution in [-0.4, -0.2) is 25.5 Å². The van der Waals surface area contributed by atoms with Gasteiger partial charge in [0.15, 0.2) is 0 Å². The molecule has 1 saturated heterocycles. The maximum Gasteiger partial charge on any atom is 0.225 e. The summed E-state index contributed by atoms with van der Waals surface area (Å²) in [6.07, 6.45) is 1.57. The molecule has 1 atom stereocenters. The van der Waals surface area contributed by atoms with Crippen LogP contribution in [0.3, 0.4) is 0 Å². The van der Waals surface area contributed by atoms with Crippen LogP contribution in [0, 0.1) is 5.41 Å². The number of rotatable bonds is 5. The minimum absolute atomic E-state index is 0.00157. The van der Waals surface area contributed by atoms with E-state index < -0.39 is 5.41 Å². The molecule has 1 aromatic carbocycles. The van der Waals surface area contributed by atoms with Crippen LogP contribution in [0.1, 0.15) is 31.4 Å². The summed E-state index contributed by atoms with van der Waals surface area (Å²) in [5.74, 6) is -0.191. The van der Waals surface area contributed by atoms with Gasteiger partial charge >= 0.3 is 0 Å². The number of primary amides is 1. The predicted octanol–water partition coefficient (Wildman–Crippen LogP) is 1.19. The van der Waals surface area contributed by atoms with Crippen LogP contribution in [0.25, 0.3) is 0 Å². The van der Waals surface area contributed by atoms with Gasteiger partial charge in [-0.05, 0) is 38.0 Å². The van der Waals surface area contributed by atoms with Crippen LogP contribution >= 0.6 is 0 Å². The molecule has 0 bridgehead atoms. The third-order valence-corrected chi connectivity index (χ3v) is 4.08. The first-order valence-electron chi connectivity index (χ1n) is 6.99. The average Bonchev–Trinajstić information content (AvgIpc) is 2.46. The Morgan fingerprint density at radius 1 is 1.37 bits per heavy atom. The molecular formula is C15H23N3O. The van der Waals surface area contributed by atoms with E-state index in [0.29, 0.717) is 0 Å². The number of amides is 1. The van der Waals surface area contributed by atoms with E-state index in [2.05, 4.69) is 29.7 Å². The van der Waals surface area contributed by atoms with Gasteiger partial charge in [-0.25, -0.2) is 0 Å². The van der Waals surface area contributed by atoms with E-state index >= 15 is 0 Å². The maximum absolute atomic E-state index is 12.1. The van der Waals surface area contributed by atoms with Gasteiger partial charge in [0.2, 0.25) is 5.91 Å². The van der Waals surface area contributed by atoms with Crippen LogP contribution in [-0.2, 0) is 4.79 Å². The lowest BCUT2D eigenvalue weighted by Crippen LogP contribution is -2.52. The number of carbonyl (C=O) groups excluding carboxylic acids is 1. The summed E-state index contributed by atoms with van der Waals surface area (Å²) in [5.41, 5.74) is 6.42. The first kappa shape index (κ1) is 14.0. The number of benzene rings is 1. The van der Waals surface area contributed by atoms with Crippen molar-refractivity contribution in [3.8, 4) is 0 Å². The van der Waals surface area contributed by atoms with Gasteiger partial charge in [0.1, 0.15) is 0 Å². The Morgan fingerprint density at radius 3 is 2.53 bits per heavy atom. The third kappa shape index (κ3) is 2.80. The minimum atomic E-state index is -0.484. The van der Waals surface area contributed by atoms with Gasteiger partial charge < -0.3 is 16.4 Å². The Bertz CT molecular complexity index is 413. The highest BCUT2D eigenvalue weighted by atomic mass is 16.1. The van der Waals surface area contributed by atoms with E-state index in [1.807, 2.05) is 18.2 Å². The van der Waals surface area contributed by atoms with Crippen LogP contribution in [0.4, 0.5) is 0 Å². The summed E-state index contributed by atoms with van der Waals surface area (Å²) in [5, 5.41) is 6.77. The standard InChI is InChI=1S/C15H23N3O/c1-2-18-13(12-6-4-3-5-7-12)15(14(16)19)8-10-17-11-9-15/h3-7,13,17-18H,2,8-11H2,1H3,(H2,16,19). The van der Waals surface area contributed by atoms with Crippen molar-refractivity contribution in [1.29, 1.82) is 0 Å². The fraction of sp³-hybridized carbons (Fsp3) is 0.533. The highest BCUT2D eigenvalue weighted by Gasteiger charge is 2.45. The summed E-state index contributed by atoms with van der Waals surface area (Å²) < 4.78 is 0. The van der Waals surface area contributed by atoms with E-state index in [-0.39, 0.29) is 11.9 Å². The molecule has 1 unspecified atom stereocenters.